The summed E-state index contributed by atoms with van der Waals surface area (Å²) in [6, 6.07) is 8.11. The van der Waals surface area contributed by atoms with Crippen molar-refractivity contribution in [2.75, 3.05) is 31.6 Å². The standard InChI is InChI=1S/C13H22N2O/c1-3-10-16-13-7-5-6-12(11-13)15-9-8-14-4-2/h5-7,11,14-15H,3-4,8-10H2,1-2H3. The SMILES string of the molecule is CCCOc1cccc(NCCNCC)c1. The van der Waals surface area contributed by atoms with Crippen LogP contribution >= 0.6 is 0 Å². The number of hydrogen-bond acceptors (Lipinski definition) is 3. The molecule has 3 heteroatoms. The Morgan fingerprint density at radius 2 is 2.06 bits per heavy atom. The first-order chi connectivity index (χ1) is 7.86. The molecule has 0 heterocycles. The van der Waals surface area contributed by atoms with Crippen molar-refractivity contribution >= 4 is 5.69 Å². The minimum Gasteiger partial charge on any atom is -0.494 e. The van der Waals surface area contributed by atoms with Gasteiger partial charge < -0.3 is 15.4 Å². The van der Waals surface area contributed by atoms with Crippen molar-refractivity contribution in [1.82, 2.24) is 5.32 Å². The van der Waals surface area contributed by atoms with Gasteiger partial charge in [0.1, 0.15) is 5.75 Å². The zero-order chi connectivity index (χ0) is 11.6. The lowest BCUT2D eigenvalue weighted by molar-refractivity contribution is 0.317. The molecule has 0 aromatic heterocycles. The maximum absolute atomic E-state index is 5.57. The Morgan fingerprint density at radius 1 is 1.19 bits per heavy atom. The first kappa shape index (κ1) is 12.8. The van der Waals surface area contributed by atoms with E-state index in [4.69, 9.17) is 4.74 Å². The molecule has 0 spiro atoms. The fourth-order valence-corrected chi connectivity index (χ4v) is 1.39. The highest BCUT2D eigenvalue weighted by molar-refractivity contribution is 5.48. The van der Waals surface area contributed by atoms with Crippen molar-refractivity contribution < 1.29 is 4.74 Å². The van der Waals surface area contributed by atoms with E-state index < -0.39 is 0 Å². The smallest absolute Gasteiger partial charge is 0.121 e. The molecule has 90 valence electrons. The highest BCUT2D eigenvalue weighted by Crippen LogP contribution is 2.17. The highest BCUT2D eigenvalue weighted by atomic mass is 16.5. The molecule has 0 aliphatic heterocycles. The Kier molecular flexibility index (Phi) is 6.42. The molecular weight excluding hydrogens is 200 g/mol. The van der Waals surface area contributed by atoms with E-state index in [2.05, 4.69) is 30.5 Å². The lowest BCUT2D eigenvalue weighted by Crippen LogP contribution is -2.21. The Hall–Kier alpha value is -1.22. The van der Waals surface area contributed by atoms with Gasteiger partial charge in [0.25, 0.3) is 0 Å². The van der Waals surface area contributed by atoms with Gasteiger partial charge in [-0.1, -0.05) is 19.9 Å². The molecule has 0 bridgehead atoms. The molecule has 0 fully saturated rings. The third kappa shape index (κ3) is 5.03. The molecular formula is C13H22N2O. The van der Waals surface area contributed by atoms with Crippen LogP contribution in [0.15, 0.2) is 24.3 Å². The van der Waals surface area contributed by atoms with Crippen molar-refractivity contribution in [3.8, 4) is 5.75 Å². The van der Waals surface area contributed by atoms with E-state index in [9.17, 15) is 0 Å². The van der Waals surface area contributed by atoms with E-state index in [-0.39, 0.29) is 0 Å². The molecule has 1 aromatic rings. The van der Waals surface area contributed by atoms with E-state index >= 15 is 0 Å². The maximum atomic E-state index is 5.57. The van der Waals surface area contributed by atoms with Crippen molar-refractivity contribution in [2.45, 2.75) is 20.3 Å². The molecule has 1 rings (SSSR count). The largest absolute Gasteiger partial charge is 0.494 e. The monoisotopic (exact) mass is 222 g/mol. The summed E-state index contributed by atoms with van der Waals surface area (Å²) in [5.41, 5.74) is 1.12. The number of nitrogens with one attached hydrogen (secondary N) is 2. The van der Waals surface area contributed by atoms with Gasteiger partial charge in [0, 0.05) is 24.8 Å². The third-order valence-corrected chi connectivity index (χ3v) is 2.19. The maximum Gasteiger partial charge on any atom is 0.121 e. The first-order valence-corrected chi connectivity index (χ1v) is 6.04. The second kappa shape index (κ2) is 7.99. The van der Waals surface area contributed by atoms with Gasteiger partial charge in [-0.2, -0.15) is 0 Å². The van der Waals surface area contributed by atoms with Gasteiger partial charge in [0.15, 0.2) is 0 Å². The molecule has 16 heavy (non-hydrogen) atoms. The predicted molar refractivity (Wildman–Crippen MR) is 69.3 cm³/mol. The topological polar surface area (TPSA) is 33.3 Å². The molecule has 0 atom stereocenters. The lowest BCUT2D eigenvalue weighted by Gasteiger charge is -2.09. The molecule has 0 amide bonds. The van der Waals surface area contributed by atoms with Gasteiger partial charge >= 0.3 is 0 Å². The molecule has 0 saturated heterocycles. The van der Waals surface area contributed by atoms with Crippen LogP contribution in [0.25, 0.3) is 0 Å². The Bertz CT molecular complexity index is 289. The summed E-state index contributed by atoms with van der Waals surface area (Å²) in [6.07, 6.45) is 1.04. The minimum atomic E-state index is 0.779. The second-order valence-corrected chi connectivity index (χ2v) is 3.66. The van der Waals surface area contributed by atoms with Crippen LogP contribution in [0.3, 0.4) is 0 Å². The fourth-order valence-electron chi connectivity index (χ4n) is 1.39. The number of ether oxygens (including phenoxy) is 1. The van der Waals surface area contributed by atoms with Gasteiger partial charge in [-0.25, -0.2) is 0 Å². The van der Waals surface area contributed by atoms with Gasteiger partial charge in [-0.15, -0.1) is 0 Å². The van der Waals surface area contributed by atoms with Gasteiger partial charge in [0.2, 0.25) is 0 Å². The fraction of sp³-hybridized carbons (Fsp3) is 0.538. The summed E-state index contributed by atoms with van der Waals surface area (Å²) < 4.78 is 5.57. The third-order valence-electron chi connectivity index (χ3n) is 2.19. The van der Waals surface area contributed by atoms with Crippen molar-refractivity contribution in [1.29, 1.82) is 0 Å². The Labute approximate surface area is 98.2 Å². The summed E-state index contributed by atoms with van der Waals surface area (Å²) in [5, 5.41) is 6.63. The molecule has 0 saturated carbocycles. The van der Waals surface area contributed by atoms with E-state index in [1.165, 1.54) is 0 Å². The summed E-state index contributed by atoms with van der Waals surface area (Å²) >= 11 is 0. The summed E-state index contributed by atoms with van der Waals surface area (Å²) in [6.45, 7) is 7.93. The van der Waals surface area contributed by atoms with Crippen LogP contribution in [0.2, 0.25) is 0 Å². The summed E-state index contributed by atoms with van der Waals surface area (Å²) in [5.74, 6) is 0.940. The zero-order valence-corrected chi connectivity index (χ0v) is 10.3. The average molecular weight is 222 g/mol. The first-order valence-electron chi connectivity index (χ1n) is 6.04. The summed E-state index contributed by atoms with van der Waals surface area (Å²) in [4.78, 5) is 0. The summed E-state index contributed by atoms with van der Waals surface area (Å²) in [7, 11) is 0. The zero-order valence-electron chi connectivity index (χ0n) is 10.3. The van der Waals surface area contributed by atoms with Crippen LogP contribution in [0.5, 0.6) is 5.75 Å². The molecule has 0 aliphatic carbocycles. The number of hydrogen-bond donors (Lipinski definition) is 2. The van der Waals surface area contributed by atoms with Crippen LogP contribution in [0.4, 0.5) is 5.69 Å². The average Bonchev–Trinajstić information content (AvgIpc) is 2.33. The van der Waals surface area contributed by atoms with Crippen LogP contribution in [-0.2, 0) is 0 Å². The lowest BCUT2D eigenvalue weighted by atomic mass is 10.3. The Balaban J connectivity index is 2.35. The molecule has 3 nitrogen and oxygen atoms in total. The second-order valence-electron chi connectivity index (χ2n) is 3.66. The van der Waals surface area contributed by atoms with Crippen molar-refractivity contribution in [3.05, 3.63) is 24.3 Å². The number of anilines is 1. The predicted octanol–water partition coefficient (Wildman–Crippen LogP) is 2.50. The normalized spacial score (nSPS) is 10.1. The van der Waals surface area contributed by atoms with E-state index in [0.29, 0.717) is 0 Å². The molecule has 2 N–H and O–H groups in total. The quantitative estimate of drug-likeness (QED) is 0.663. The van der Waals surface area contributed by atoms with E-state index in [1.807, 2.05) is 18.2 Å². The van der Waals surface area contributed by atoms with Crippen LogP contribution < -0.4 is 15.4 Å². The number of rotatable bonds is 8. The van der Waals surface area contributed by atoms with E-state index in [1.54, 1.807) is 0 Å². The van der Waals surface area contributed by atoms with Crippen LogP contribution in [0.1, 0.15) is 20.3 Å². The minimum absolute atomic E-state index is 0.779. The molecule has 1 aromatic carbocycles. The Morgan fingerprint density at radius 3 is 2.81 bits per heavy atom. The van der Waals surface area contributed by atoms with Crippen LogP contribution in [0, 0.1) is 0 Å². The van der Waals surface area contributed by atoms with Gasteiger partial charge in [-0.3, -0.25) is 0 Å². The van der Waals surface area contributed by atoms with Crippen LogP contribution in [-0.4, -0.2) is 26.2 Å². The van der Waals surface area contributed by atoms with Gasteiger partial charge in [0.05, 0.1) is 6.61 Å². The van der Waals surface area contributed by atoms with Gasteiger partial charge in [-0.05, 0) is 25.1 Å². The van der Waals surface area contributed by atoms with Crippen molar-refractivity contribution in [2.24, 2.45) is 0 Å². The number of benzene rings is 1. The van der Waals surface area contributed by atoms with E-state index in [0.717, 1.165) is 44.1 Å². The molecule has 0 unspecified atom stereocenters. The molecule has 0 aliphatic rings. The molecule has 0 radical (unpaired) electrons. The highest BCUT2D eigenvalue weighted by Gasteiger charge is 1.95. The van der Waals surface area contributed by atoms with Crippen molar-refractivity contribution in [3.63, 3.8) is 0 Å². The number of likely N-dealkylation sites (N-methyl/N-ethyl adjacent to an activating group) is 1.